The van der Waals surface area contributed by atoms with E-state index in [-0.39, 0.29) is 17.2 Å². The highest BCUT2D eigenvalue weighted by Gasteiger charge is 2.30. The molecule has 0 spiro atoms. The summed E-state index contributed by atoms with van der Waals surface area (Å²) in [4.78, 5) is 35.3. The van der Waals surface area contributed by atoms with Crippen LogP contribution in [0.15, 0.2) is 48.5 Å². The van der Waals surface area contributed by atoms with E-state index in [2.05, 4.69) is 10.6 Å². The van der Waals surface area contributed by atoms with Gasteiger partial charge in [0.25, 0.3) is 5.91 Å². The van der Waals surface area contributed by atoms with E-state index >= 15 is 0 Å². The van der Waals surface area contributed by atoms with Gasteiger partial charge >= 0.3 is 12.1 Å². The van der Waals surface area contributed by atoms with Crippen LogP contribution in [0, 0.1) is 0 Å². The van der Waals surface area contributed by atoms with Gasteiger partial charge in [-0.1, -0.05) is 6.07 Å². The van der Waals surface area contributed by atoms with Crippen molar-refractivity contribution >= 4 is 29.2 Å². The van der Waals surface area contributed by atoms with Crippen LogP contribution in [0.25, 0.3) is 0 Å². The lowest BCUT2D eigenvalue weighted by atomic mass is 10.2. The lowest BCUT2D eigenvalue weighted by molar-refractivity contribution is -0.137. The third kappa shape index (κ3) is 5.83. The highest BCUT2D eigenvalue weighted by atomic mass is 19.4. The minimum atomic E-state index is -4.48. The monoisotopic (exact) mass is 394 g/mol. The molecule has 0 fully saturated rings. The van der Waals surface area contributed by atoms with Crippen molar-refractivity contribution in [2.45, 2.75) is 26.1 Å². The third-order valence-electron chi connectivity index (χ3n) is 3.55. The number of ether oxygens (including phenoxy) is 1. The summed E-state index contributed by atoms with van der Waals surface area (Å²) in [5, 5.41) is 4.89. The number of hydrogen-bond donors (Lipinski definition) is 2. The zero-order chi connectivity index (χ0) is 20.9. The van der Waals surface area contributed by atoms with Gasteiger partial charge in [-0.25, -0.2) is 4.79 Å². The Morgan fingerprint density at radius 2 is 1.61 bits per heavy atom. The summed E-state index contributed by atoms with van der Waals surface area (Å²) >= 11 is 0. The molecule has 9 heteroatoms. The van der Waals surface area contributed by atoms with Crippen molar-refractivity contribution in [3.05, 3.63) is 59.7 Å². The van der Waals surface area contributed by atoms with Crippen molar-refractivity contribution in [2.24, 2.45) is 0 Å². The maximum Gasteiger partial charge on any atom is 0.416 e. The molecule has 0 bridgehead atoms. The van der Waals surface area contributed by atoms with Gasteiger partial charge in [-0.15, -0.1) is 0 Å². The number of anilines is 2. The molecule has 2 N–H and O–H groups in total. The lowest BCUT2D eigenvalue weighted by Gasteiger charge is -2.14. The van der Waals surface area contributed by atoms with Crippen LogP contribution in [0.2, 0.25) is 0 Å². The molecule has 2 amide bonds. The van der Waals surface area contributed by atoms with Crippen molar-refractivity contribution in [1.29, 1.82) is 0 Å². The predicted octanol–water partition coefficient (Wildman–Crippen LogP) is 3.85. The summed E-state index contributed by atoms with van der Waals surface area (Å²) in [5.74, 6) is -1.80. The fourth-order valence-corrected chi connectivity index (χ4v) is 2.20. The van der Waals surface area contributed by atoms with Gasteiger partial charge in [-0.2, -0.15) is 13.2 Å². The second kappa shape index (κ2) is 8.55. The van der Waals surface area contributed by atoms with Gasteiger partial charge in [0.2, 0.25) is 5.91 Å². The third-order valence-corrected chi connectivity index (χ3v) is 3.55. The molecule has 28 heavy (non-hydrogen) atoms. The van der Waals surface area contributed by atoms with Gasteiger partial charge in [-0.3, -0.25) is 9.59 Å². The van der Waals surface area contributed by atoms with Crippen molar-refractivity contribution in [1.82, 2.24) is 0 Å². The van der Waals surface area contributed by atoms with Crippen LogP contribution < -0.4 is 10.6 Å². The van der Waals surface area contributed by atoms with E-state index in [4.69, 9.17) is 4.74 Å². The van der Waals surface area contributed by atoms with Gasteiger partial charge in [-0.05, 0) is 49.4 Å². The number of benzene rings is 2. The number of esters is 1. The Morgan fingerprint density at radius 1 is 0.964 bits per heavy atom. The lowest BCUT2D eigenvalue weighted by Crippen LogP contribution is -2.30. The van der Waals surface area contributed by atoms with E-state index in [1.165, 1.54) is 32.0 Å². The molecule has 0 heterocycles. The van der Waals surface area contributed by atoms with Crippen molar-refractivity contribution in [2.75, 3.05) is 10.6 Å². The van der Waals surface area contributed by atoms with Crippen LogP contribution in [0.3, 0.4) is 0 Å². The second-order valence-electron chi connectivity index (χ2n) is 5.87. The Bertz CT molecular complexity index is 879. The molecule has 0 aliphatic heterocycles. The van der Waals surface area contributed by atoms with Crippen LogP contribution in [0.4, 0.5) is 24.5 Å². The fraction of sp³-hybridized carbons (Fsp3) is 0.211. The number of halogens is 3. The van der Waals surface area contributed by atoms with Crippen molar-refractivity contribution in [3.63, 3.8) is 0 Å². The van der Waals surface area contributed by atoms with Crippen molar-refractivity contribution < 1.29 is 32.3 Å². The van der Waals surface area contributed by atoms with E-state index in [9.17, 15) is 27.6 Å². The van der Waals surface area contributed by atoms with Crippen LogP contribution in [-0.2, 0) is 20.5 Å². The predicted molar refractivity (Wildman–Crippen MR) is 95.7 cm³/mol. The zero-order valence-electron chi connectivity index (χ0n) is 15.0. The average molecular weight is 394 g/mol. The van der Waals surface area contributed by atoms with E-state index in [1.54, 1.807) is 6.07 Å². The van der Waals surface area contributed by atoms with Gasteiger partial charge in [0.1, 0.15) is 0 Å². The normalized spacial score (nSPS) is 12.0. The Hall–Kier alpha value is -3.36. The first-order valence-corrected chi connectivity index (χ1v) is 8.13. The standard InChI is InChI=1S/C19H17F3N2O4/c1-11(17(26)24-15-8-6-14(7-9-15)19(20,21)22)28-18(27)13-4-3-5-16(10-13)23-12(2)25/h3-11H,1-2H3,(H,23,25)(H,24,26)/t11-/m0/s1. The minimum absolute atomic E-state index is 0.125. The topological polar surface area (TPSA) is 84.5 Å². The van der Waals surface area contributed by atoms with E-state index in [0.29, 0.717) is 5.69 Å². The highest BCUT2D eigenvalue weighted by Crippen LogP contribution is 2.29. The SMILES string of the molecule is CC(=O)Nc1cccc(C(=O)O[C@@H](C)C(=O)Nc2ccc(C(F)(F)F)cc2)c1. The van der Waals surface area contributed by atoms with Crippen LogP contribution in [-0.4, -0.2) is 23.9 Å². The Kier molecular flexibility index (Phi) is 6.40. The molecule has 1 atom stereocenters. The quantitative estimate of drug-likeness (QED) is 0.755. The summed E-state index contributed by atoms with van der Waals surface area (Å²) in [6, 6.07) is 9.84. The van der Waals surface area contributed by atoms with E-state index < -0.39 is 29.7 Å². The fourth-order valence-electron chi connectivity index (χ4n) is 2.20. The zero-order valence-corrected chi connectivity index (χ0v) is 15.0. The van der Waals surface area contributed by atoms with Crippen LogP contribution >= 0.6 is 0 Å². The molecule has 0 saturated carbocycles. The number of carbonyl (C=O) groups is 3. The molecule has 2 rings (SSSR count). The average Bonchev–Trinajstić information content (AvgIpc) is 2.61. The molecule has 0 saturated heterocycles. The molecule has 2 aromatic carbocycles. The van der Waals surface area contributed by atoms with Gasteiger partial charge in [0.15, 0.2) is 6.10 Å². The first-order valence-electron chi connectivity index (χ1n) is 8.13. The first-order chi connectivity index (χ1) is 13.1. The molecule has 0 radical (unpaired) electrons. The Morgan fingerprint density at radius 3 is 2.18 bits per heavy atom. The van der Waals surface area contributed by atoms with Crippen LogP contribution in [0.1, 0.15) is 29.8 Å². The molecule has 0 aliphatic carbocycles. The van der Waals surface area contributed by atoms with Crippen LogP contribution in [0.5, 0.6) is 0 Å². The molecule has 0 unspecified atom stereocenters. The summed E-state index contributed by atoms with van der Waals surface area (Å²) in [6.07, 6.45) is -5.67. The number of nitrogens with one attached hydrogen (secondary N) is 2. The van der Waals surface area contributed by atoms with Gasteiger partial charge in [0, 0.05) is 18.3 Å². The first kappa shape index (κ1) is 20.9. The van der Waals surface area contributed by atoms with Gasteiger partial charge < -0.3 is 15.4 Å². The maximum atomic E-state index is 12.5. The summed E-state index contributed by atoms with van der Waals surface area (Å²) in [6.45, 7) is 2.65. The van der Waals surface area contributed by atoms with Crippen molar-refractivity contribution in [3.8, 4) is 0 Å². The smallest absolute Gasteiger partial charge is 0.416 e. The molecule has 0 aromatic heterocycles. The summed E-state index contributed by atoms with van der Waals surface area (Å²) in [7, 11) is 0. The molecule has 6 nitrogen and oxygen atoms in total. The minimum Gasteiger partial charge on any atom is -0.449 e. The molecular weight excluding hydrogens is 377 g/mol. The molecular formula is C19H17F3N2O4. The number of alkyl halides is 3. The summed E-state index contributed by atoms with van der Waals surface area (Å²) in [5.41, 5.74) is -0.193. The number of carbonyl (C=O) groups excluding carboxylic acids is 3. The second-order valence-corrected chi connectivity index (χ2v) is 5.87. The molecule has 2 aromatic rings. The summed E-state index contributed by atoms with van der Waals surface area (Å²) < 4.78 is 42.7. The highest BCUT2D eigenvalue weighted by molar-refractivity contribution is 5.98. The van der Waals surface area contributed by atoms with Gasteiger partial charge in [0.05, 0.1) is 11.1 Å². The van der Waals surface area contributed by atoms with E-state index in [0.717, 1.165) is 24.3 Å². The van der Waals surface area contributed by atoms with E-state index in [1.807, 2.05) is 0 Å². The number of rotatable bonds is 5. The number of hydrogen-bond acceptors (Lipinski definition) is 4. The molecule has 148 valence electrons. The Balaban J connectivity index is 1.98. The number of amides is 2. The Labute approximate surface area is 158 Å². The largest absolute Gasteiger partial charge is 0.449 e. The molecule has 0 aliphatic rings. The maximum absolute atomic E-state index is 12.5.